The highest BCUT2D eigenvalue weighted by atomic mass is 16.5. The summed E-state index contributed by atoms with van der Waals surface area (Å²) in [6, 6.07) is 10.5. The number of carbonyl (C=O) groups excluding carboxylic acids is 2. The van der Waals surface area contributed by atoms with Gasteiger partial charge in [0.05, 0.1) is 32.5 Å². The van der Waals surface area contributed by atoms with Crippen LogP contribution in [0.2, 0.25) is 0 Å². The van der Waals surface area contributed by atoms with Crippen LogP contribution in [0.4, 0.5) is 5.69 Å². The normalized spacial score (nSPS) is 11.8. The summed E-state index contributed by atoms with van der Waals surface area (Å²) >= 11 is 0. The first-order valence-electron chi connectivity index (χ1n) is 8.50. The molecule has 0 spiro atoms. The summed E-state index contributed by atoms with van der Waals surface area (Å²) in [6.45, 7) is 4.61. The van der Waals surface area contributed by atoms with Gasteiger partial charge in [0.1, 0.15) is 11.5 Å². The standard InChI is InChI=1S/C19H25N3O4/c1-4-22(12-18(23)20-14(2)17-6-5-11-26-17)13-19(24)21-15-7-9-16(25-3)10-8-15/h5-11,14H,4,12-13H2,1-3H3,(H,20,23)(H,21,24)/t14-/m0/s1. The summed E-state index contributed by atoms with van der Waals surface area (Å²) in [6.07, 6.45) is 1.57. The van der Waals surface area contributed by atoms with Crippen molar-refractivity contribution in [3.8, 4) is 5.75 Å². The lowest BCUT2D eigenvalue weighted by Crippen LogP contribution is -2.41. The number of ether oxygens (including phenoxy) is 1. The average molecular weight is 359 g/mol. The first kappa shape index (κ1) is 19.5. The third kappa shape index (κ3) is 5.93. The number of amides is 2. The van der Waals surface area contributed by atoms with Crippen LogP contribution in [0.1, 0.15) is 25.6 Å². The largest absolute Gasteiger partial charge is 0.497 e. The van der Waals surface area contributed by atoms with Crippen molar-refractivity contribution in [1.29, 1.82) is 0 Å². The molecular weight excluding hydrogens is 334 g/mol. The molecule has 2 amide bonds. The average Bonchev–Trinajstić information content (AvgIpc) is 3.16. The summed E-state index contributed by atoms with van der Waals surface area (Å²) in [7, 11) is 1.59. The second-order valence-electron chi connectivity index (χ2n) is 5.88. The summed E-state index contributed by atoms with van der Waals surface area (Å²) in [4.78, 5) is 26.2. The van der Waals surface area contributed by atoms with Crippen LogP contribution in [-0.4, -0.2) is 43.5 Å². The molecule has 2 aromatic rings. The van der Waals surface area contributed by atoms with Gasteiger partial charge in [0.15, 0.2) is 0 Å². The van der Waals surface area contributed by atoms with Gasteiger partial charge < -0.3 is 19.8 Å². The van der Waals surface area contributed by atoms with Gasteiger partial charge in [-0.1, -0.05) is 6.92 Å². The minimum absolute atomic E-state index is 0.130. The Morgan fingerprint density at radius 3 is 2.42 bits per heavy atom. The zero-order valence-corrected chi connectivity index (χ0v) is 15.3. The van der Waals surface area contributed by atoms with E-state index in [1.807, 2.05) is 19.9 Å². The molecule has 2 N–H and O–H groups in total. The molecule has 7 nitrogen and oxygen atoms in total. The molecule has 1 aromatic carbocycles. The summed E-state index contributed by atoms with van der Waals surface area (Å²) in [5.41, 5.74) is 0.683. The first-order chi connectivity index (χ1) is 12.5. The molecule has 0 saturated heterocycles. The second-order valence-corrected chi connectivity index (χ2v) is 5.88. The maximum absolute atomic E-state index is 12.2. The Hall–Kier alpha value is -2.80. The van der Waals surface area contributed by atoms with Crippen molar-refractivity contribution in [2.45, 2.75) is 19.9 Å². The van der Waals surface area contributed by atoms with E-state index in [1.165, 1.54) is 0 Å². The summed E-state index contributed by atoms with van der Waals surface area (Å²) < 4.78 is 10.4. The van der Waals surface area contributed by atoms with Crippen LogP contribution in [-0.2, 0) is 9.59 Å². The van der Waals surface area contributed by atoms with Crippen LogP contribution in [0.25, 0.3) is 0 Å². The number of hydrogen-bond acceptors (Lipinski definition) is 5. The fourth-order valence-electron chi connectivity index (χ4n) is 2.46. The lowest BCUT2D eigenvalue weighted by atomic mass is 10.2. The zero-order valence-electron chi connectivity index (χ0n) is 15.3. The van der Waals surface area contributed by atoms with E-state index in [0.29, 0.717) is 18.0 Å². The number of nitrogens with zero attached hydrogens (tertiary/aromatic N) is 1. The highest BCUT2D eigenvalue weighted by Crippen LogP contribution is 2.15. The fourth-order valence-corrected chi connectivity index (χ4v) is 2.46. The predicted molar refractivity (Wildman–Crippen MR) is 99.0 cm³/mol. The Kier molecular flexibility index (Phi) is 7.23. The van der Waals surface area contributed by atoms with E-state index >= 15 is 0 Å². The van der Waals surface area contributed by atoms with Crippen LogP contribution in [0.3, 0.4) is 0 Å². The van der Waals surface area contributed by atoms with Crippen molar-refractivity contribution in [3.05, 3.63) is 48.4 Å². The number of benzene rings is 1. The highest BCUT2D eigenvalue weighted by Gasteiger charge is 2.16. The maximum atomic E-state index is 12.2. The highest BCUT2D eigenvalue weighted by molar-refractivity contribution is 5.92. The van der Waals surface area contributed by atoms with Gasteiger partial charge in [-0.05, 0) is 49.9 Å². The van der Waals surface area contributed by atoms with Gasteiger partial charge in [0.2, 0.25) is 11.8 Å². The molecule has 26 heavy (non-hydrogen) atoms. The number of carbonyl (C=O) groups is 2. The molecule has 0 bridgehead atoms. The Labute approximate surface area is 153 Å². The van der Waals surface area contributed by atoms with Crippen LogP contribution in [0, 0.1) is 0 Å². The minimum atomic E-state index is -0.218. The Balaban J connectivity index is 1.81. The van der Waals surface area contributed by atoms with E-state index in [4.69, 9.17) is 9.15 Å². The zero-order chi connectivity index (χ0) is 18.9. The van der Waals surface area contributed by atoms with Gasteiger partial charge in [-0.2, -0.15) is 0 Å². The van der Waals surface area contributed by atoms with Crippen molar-refractivity contribution in [1.82, 2.24) is 10.2 Å². The molecule has 140 valence electrons. The molecule has 0 aliphatic carbocycles. The van der Waals surface area contributed by atoms with Crippen LogP contribution >= 0.6 is 0 Å². The van der Waals surface area contributed by atoms with Crippen molar-refractivity contribution in [2.24, 2.45) is 0 Å². The minimum Gasteiger partial charge on any atom is -0.497 e. The van der Waals surface area contributed by atoms with Gasteiger partial charge in [0, 0.05) is 5.69 Å². The van der Waals surface area contributed by atoms with Crippen molar-refractivity contribution in [2.75, 3.05) is 32.1 Å². The number of anilines is 1. The molecule has 0 saturated carbocycles. The van der Waals surface area contributed by atoms with Crippen LogP contribution in [0.5, 0.6) is 5.75 Å². The quantitative estimate of drug-likeness (QED) is 0.718. The van der Waals surface area contributed by atoms with E-state index in [-0.39, 0.29) is 30.9 Å². The van der Waals surface area contributed by atoms with Gasteiger partial charge in [-0.15, -0.1) is 0 Å². The fraction of sp³-hybridized carbons (Fsp3) is 0.368. The van der Waals surface area contributed by atoms with Crippen molar-refractivity contribution in [3.63, 3.8) is 0 Å². The van der Waals surface area contributed by atoms with Gasteiger partial charge in [-0.3, -0.25) is 14.5 Å². The summed E-state index contributed by atoms with van der Waals surface area (Å²) in [5.74, 6) is 1.08. The van der Waals surface area contributed by atoms with E-state index in [0.717, 1.165) is 5.75 Å². The molecule has 1 atom stereocenters. The SMILES string of the molecule is CCN(CC(=O)Nc1ccc(OC)cc1)CC(=O)N[C@@H](C)c1ccco1. The third-order valence-corrected chi connectivity index (χ3v) is 3.90. The van der Waals surface area contributed by atoms with Gasteiger partial charge in [-0.25, -0.2) is 0 Å². The second kappa shape index (κ2) is 9.62. The predicted octanol–water partition coefficient (Wildman–Crippen LogP) is 2.43. The number of furan rings is 1. The molecule has 0 aliphatic rings. The Bertz CT molecular complexity index is 698. The van der Waals surface area contributed by atoms with E-state index in [2.05, 4.69) is 10.6 Å². The molecule has 0 aliphatic heterocycles. The van der Waals surface area contributed by atoms with Gasteiger partial charge in [0.25, 0.3) is 0 Å². The monoisotopic (exact) mass is 359 g/mol. The number of methoxy groups -OCH3 is 1. The Morgan fingerprint density at radius 2 is 1.85 bits per heavy atom. The lowest BCUT2D eigenvalue weighted by molar-refractivity contribution is -0.124. The molecule has 0 unspecified atom stereocenters. The molecule has 2 rings (SSSR count). The van der Waals surface area contributed by atoms with Crippen molar-refractivity contribution < 1.29 is 18.7 Å². The van der Waals surface area contributed by atoms with E-state index in [9.17, 15) is 9.59 Å². The van der Waals surface area contributed by atoms with Gasteiger partial charge >= 0.3 is 0 Å². The number of hydrogen-bond donors (Lipinski definition) is 2. The maximum Gasteiger partial charge on any atom is 0.238 e. The summed E-state index contributed by atoms with van der Waals surface area (Å²) in [5, 5.41) is 5.67. The van der Waals surface area contributed by atoms with E-state index in [1.54, 1.807) is 48.6 Å². The molecule has 0 radical (unpaired) electrons. The molecule has 7 heteroatoms. The molecule has 0 fully saturated rings. The third-order valence-electron chi connectivity index (χ3n) is 3.90. The van der Waals surface area contributed by atoms with Crippen LogP contribution in [0.15, 0.2) is 47.1 Å². The van der Waals surface area contributed by atoms with E-state index < -0.39 is 0 Å². The molecule has 1 heterocycles. The molecular formula is C19H25N3O4. The Morgan fingerprint density at radius 1 is 1.15 bits per heavy atom. The number of rotatable bonds is 9. The van der Waals surface area contributed by atoms with Crippen LogP contribution < -0.4 is 15.4 Å². The number of likely N-dealkylation sites (N-methyl/N-ethyl adjacent to an activating group) is 1. The molecule has 1 aromatic heterocycles. The lowest BCUT2D eigenvalue weighted by Gasteiger charge is -2.20. The van der Waals surface area contributed by atoms with Crippen molar-refractivity contribution >= 4 is 17.5 Å². The number of nitrogens with one attached hydrogen (secondary N) is 2. The topological polar surface area (TPSA) is 83.8 Å². The smallest absolute Gasteiger partial charge is 0.238 e. The first-order valence-corrected chi connectivity index (χ1v) is 8.50.